The van der Waals surface area contributed by atoms with Gasteiger partial charge >= 0.3 is 0 Å². The fourth-order valence-corrected chi connectivity index (χ4v) is 3.77. The Kier molecular flexibility index (Phi) is 5.52. The number of Topliss-reactive ketones (excluding diaryl/α,β-unsaturated/α-hetero) is 1. The third-order valence-corrected chi connectivity index (χ3v) is 5.48. The third kappa shape index (κ3) is 3.99. The average molecular weight is 429 g/mol. The van der Waals surface area contributed by atoms with Gasteiger partial charge < -0.3 is 4.98 Å². The molecule has 2 aromatic carbocycles. The Bertz CT molecular complexity index is 1090. The number of H-pyrrole nitrogens is 1. The van der Waals surface area contributed by atoms with Gasteiger partial charge in [-0.1, -0.05) is 35.0 Å². The lowest BCUT2D eigenvalue weighted by Crippen LogP contribution is -2.05. The van der Waals surface area contributed by atoms with Crippen molar-refractivity contribution in [3.8, 4) is 17.1 Å². The molecule has 0 amide bonds. The highest BCUT2D eigenvalue weighted by Gasteiger charge is 2.18. The zero-order chi connectivity index (χ0) is 19.5. The first kappa shape index (κ1) is 18.8. The molecule has 0 saturated carbocycles. The van der Waals surface area contributed by atoms with Crippen molar-refractivity contribution in [3.05, 3.63) is 82.6 Å². The summed E-state index contributed by atoms with van der Waals surface area (Å²) in [6, 6.07) is 18.3. The molecule has 0 saturated heterocycles. The lowest BCUT2D eigenvalue weighted by Gasteiger charge is -2.10. The van der Waals surface area contributed by atoms with E-state index in [4.69, 9.17) is 23.2 Å². The maximum absolute atomic E-state index is 12.3. The molecule has 4 rings (SSSR count). The molecule has 0 radical (unpaired) electrons. The van der Waals surface area contributed by atoms with Crippen molar-refractivity contribution < 1.29 is 4.79 Å². The molecule has 0 aliphatic carbocycles. The van der Waals surface area contributed by atoms with Gasteiger partial charge in [-0.15, -0.1) is 10.2 Å². The fourth-order valence-electron chi connectivity index (χ4n) is 2.68. The number of carbonyl (C=O) groups excluding carboxylic acids is 1. The minimum absolute atomic E-state index is 0.00583. The summed E-state index contributed by atoms with van der Waals surface area (Å²) in [5.74, 6) is 0.898. The number of nitrogens with zero attached hydrogens (tertiary/aromatic N) is 3. The minimum Gasteiger partial charge on any atom is -0.359 e. The van der Waals surface area contributed by atoms with Crippen molar-refractivity contribution >= 4 is 40.7 Å². The van der Waals surface area contributed by atoms with E-state index in [1.54, 1.807) is 42.6 Å². The number of hydrogen-bond acceptors (Lipinski definition) is 4. The van der Waals surface area contributed by atoms with Crippen molar-refractivity contribution in [1.82, 2.24) is 19.7 Å². The molecule has 4 aromatic rings. The maximum atomic E-state index is 12.3. The van der Waals surface area contributed by atoms with Gasteiger partial charge in [0.1, 0.15) is 0 Å². The van der Waals surface area contributed by atoms with Crippen molar-refractivity contribution in [1.29, 1.82) is 0 Å². The molecule has 0 aliphatic rings. The zero-order valence-electron chi connectivity index (χ0n) is 14.5. The van der Waals surface area contributed by atoms with Crippen LogP contribution in [0.15, 0.2) is 72.0 Å². The molecule has 2 aromatic heterocycles. The number of halogens is 2. The van der Waals surface area contributed by atoms with Gasteiger partial charge in [-0.3, -0.25) is 9.36 Å². The molecular weight excluding hydrogens is 415 g/mol. The molecule has 5 nitrogen and oxygen atoms in total. The molecule has 8 heteroatoms. The second-order valence-electron chi connectivity index (χ2n) is 5.92. The lowest BCUT2D eigenvalue weighted by molar-refractivity contribution is 0.101. The van der Waals surface area contributed by atoms with Crippen LogP contribution in [0.5, 0.6) is 0 Å². The van der Waals surface area contributed by atoms with Crippen LogP contribution in [0, 0.1) is 0 Å². The van der Waals surface area contributed by atoms with E-state index in [-0.39, 0.29) is 11.5 Å². The van der Waals surface area contributed by atoms with Crippen molar-refractivity contribution in [2.24, 2.45) is 0 Å². The van der Waals surface area contributed by atoms with Gasteiger partial charge in [-0.05, 0) is 60.7 Å². The largest absolute Gasteiger partial charge is 0.359 e. The Balaban J connectivity index is 1.70. The number of benzene rings is 2. The van der Waals surface area contributed by atoms with Crippen molar-refractivity contribution in [2.75, 3.05) is 5.75 Å². The van der Waals surface area contributed by atoms with Crippen LogP contribution in [0.2, 0.25) is 10.0 Å². The molecule has 0 atom stereocenters. The quantitative estimate of drug-likeness (QED) is 0.323. The predicted octanol–water partition coefficient (Wildman–Crippen LogP) is 5.54. The van der Waals surface area contributed by atoms with Gasteiger partial charge in [0, 0.05) is 27.5 Å². The van der Waals surface area contributed by atoms with E-state index < -0.39 is 0 Å². The number of carbonyl (C=O) groups is 1. The molecule has 28 heavy (non-hydrogen) atoms. The molecule has 2 heterocycles. The van der Waals surface area contributed by atoms with Crippen LogP contribution >= 0.6 is 35.0 Å². The number of aromatic nitrogens is 4. The normalized spacial score (nSPS) is 10.9. The van der Waals surface area contributed by atoms with Gasteiger partial charge in [0.15, 0.2) is 16.8 Å². The summed E-state index contributed by atoms with van der Waals surface area (Å²) in [5.41, 5.74) is 2.30. The van der Waals surface area contributed by atoms with Crippen LogP contribution in [-0.4, -0.2) is 31.3 Å². The monoisotopic (exact) mass is 428 g/mol. The third-order valence-electron chi connectivity index (χ3n) is 4.05. The van der Waals surface area contributed by atoms with Crippen LogP contribution in [-0.2, 0) is 0 Å². The molecular formula is C20H14Cl2N4OS. The fraction of sp³-hybridized carbons (Fsp3) is 0.0500. The number of nitrogens with one attached hydrogen (secondary N) is 1. The van der Waals surface area contributed by atoms with E-state index in [0.29, 0.717) is 26.7 Å². The van der Waals surface area contributed by atoms with Gasteiger partial charge in [0.05, 0.1) is 11.4 Å². The molecule has 0 spiro atoms. The zero-order valence-corrected chi connectivity index (χ0v) is 16.8. The van der Waals surface area contributed by atoms with Crippen molar-refractivity contribution in [3.63, 3.8) is 0 Å². The Morgan fingerprint density at radius 2 is 1.64 bits per heavy atom. The van der Waals surface area contributed by atoms with Gasteiger partial charge in [0.2, 0.25) is 0 Å². The summed E-state index contributed by atoms with van der Waals surface area (Å²) in [6.45, 7) is 0. The first-order valence-corrected chi connectivity index (χ1v) is 10.1. The van der Waals surface area contributed by atoms with Gasteiger partial charge in [-0.25, -0.2) is 0 Å². The van der Waals surface area contributed by atoms with E-state index >= 15 is 0 Å². The van der Waals surface area contributed by atoms with Crippen molar-refractivity contribution in [2.45, 2.75) is 5.16 Å². The number of ketones is 1. The molecule has 0 unspecified atom stereocenters. The van der Waals surface area contributed by atoms with E-state index in [1.165, 1.54) is 11.8 Å². The summed E-state index contributed by atoms with van der Waals surface area (Å²) in [4.78, 5) is 15.3. The Hall–Kier alpha value is -2.54. The van der Waals surface area contributed by atoms with Crippen LogP contribution in [0.4, 0.5) is 0 Å². The molecule has 0 aliphatic heterocycles. The van der Waals surface area contributed by atoms with E-state index in [1.807, 2.05) is 28.8 Å². The first-order chi connectivity index (χ1) is 13.6. The molecule has 0 bridgehead atoms. The highest BCUT2D eigenvalue weighted by atomic mass is 35.5. The predicted molar refractivity (Wildman–Crippen MR) is 113 cm³/mol. The van der Waals surface area contributed by atoms with E-state index in [9.17, 15) is 4.79 Å². The first-order valence-electron chi connectivity index (χ1n) is 8.38. The summed E-state index contributed by atoms with van der Waals surface area (Å²) in [7, 11) is 0. The SMILES string of the molecule is O=C(CSc1nnc(-c2ccc(Cl)cc2)n1-c1ccc(Cl)cc1)c1ccc[nH]1. The molecule has 1 N–H and O–H groups in total. The summed E-state index contributed by atoms with van der Waals surface area (Å²) in [5, 5.41) is 10.6. The van der Waals surface area contributed by atoms with E-state index in [2.05, 4.69) is 15.2 Å². The second kappa shape index (κ2) is 8.22. The maximum Gasteiger partial charge on any atom is 0.196 e. The standard InChI is InChI=1S/C20H14Cl2N4OS/c21-14-5-3-13(4-6-14)19-24-25-20(26(19)16-9-7-15(22)8-10-16)28-12-18(27)17-2-1-11-23-17/h1-11,23H,12H2. The highest BCUT2D eigenvalue weighted by Crippen LogP contribution is 2.29. The smallest absolute Gasteiger partial charge is 0.196 e. The summed E-state index contributed by atoms with van der Waals surface area (Å²) in [6.07, 6.45) is 1.73. The van der Waals surface area contributed by atoms with Gasteiger partial charge in [0.25, 0.3) is 0 Å². The van der Waals surface area contributed by atoms with Gasteiger partial charge in [-0.2, -0.15) is 0 Å². The summed E-state index contributed by atoms with van der Waals surface area (Å²) < 4.78 is 1.91. The minimum atomic E-state index is -0.00583. The topological polar surface area (TPSA) is 63.6 Å². The van der Waals surface area contributed by atoms with Crippen LogP contribution in [0.1, 0.15) is 10.5 Å². The number of hydrogen-bond donors (Lipinski definition) is 1. The number of rotatable bonds is 6. The Labute approximate surface area is 175 Å². The highest BCUT2D eigenvalue weighted by molar-refractivity contribution is 7.99. The Morgan fingerprint density at radius 3 is 2.29 bits per heavy atom. The van der Waals surface area contributed by atoms with Crippen LogP contribution in [0.25, 0.3) is 17.1 Å². The lowest BCUT2D eigenvalue weighted by atomic mass is 10.2. The number of aromatic amines is 1. The molecule has 0 fully saturated rings. The molecule has 140 valence electrons. The Morgan fingerprint density at radius 1 is 0.964 bits per heavy atom. The average Bonchev–Trinajstić information content (AvgIpc) is 3.38. The second-order valence-corrected chi connectivity index (χ2v) is 7.74. The van der Waals surface area contributed by atoms with Crippen LogP contribution in [0.3, 0.4) is 0 Å². The van der Waals surface area contributed by atoms with E-state index in [0.717, 1.165) is 11.3 Å². The van der Waals surface area contributed by atoms with Crippen LogP contribution < -0.4 is 0 Å². The summed E-state index contributed by atoms with van der Waals surface area (Å²) >= 11 is 13.4. The number of thioether (sulfide) groups is 1.